The molecule has 2 rings (SSSR count). The molecular formula is C19H19BrClFN2O3. The molecule has 0 aliphatic heterocycles. The number of ether oxygens (including phenoxy) is 1. The van der Waals surface area contributed by atoms with Gasteiger partial charge in [0.15, 0.2) is 6.61 Å². The maximum Gasteiger partial charge on any atom is 0.261 e. The fourth-order valence-corrected chi connectivity index (χ4v) is 3.12. The highest BCUT2D eigenvalue weighted by molar-refractivity contribution is 9.10. The maximum absolute atomic E-state index is 13.1. The van der Waals surface area contributed by atoms with Crippen LogP contribution >= 0.6 is 27.5 Å². The van der Waals surface area contributed by atoms with Gasteiger partial charge in [0, 0.05) is 18.1 Å². The van der Waals surface area contributed by atoms with Gasteiger partial charge in [-0.05, 0) is 42.8 Å². The van der Waals surface area contributed by atoms with Crippen LogP contribution in [0, 0.1) is 5.82 Å². The van der Waals surface area contributed by atoms with Gasteiger partial charge in [0.2, 0.25) is 5.91 Å². The van der Waals surface area contributed by atoms with Gasteiger partial charge in [-0.3, -0.25) is 9.59 Å². The van der Waals surface area contributed by atoms with E-state index in [2.05, 4.69) is 21.2 Å². The predicted octanol–water partition coefficient (Wildman–Crippen LogP) is 3.78. The number of benzene rings is 2. The van der Waals surface area contributed by atoms with Gasteiger partial charge in [0.05, 0.1) is 5.02 Å². The van der Waals surface area contributed by atoms with E-state index in [1.54, 1.807) is 37.3 Å². The smallest absolute Gasteiger partial charge is 0.261 e. The molecule has 0 aromatic heterocycles. The highest BCUT2D eigenvalue weighted by atomic mass is 79.9. The second kappa shape index (κ2) is 9.71. The lowest BCUT2D eigenvalue weighted by molar-refractivity contribution is -0.142. The van der Waals surface area contributed by atoms with E-state index < -0.39 is 11.9 Å². The van der Waals surface area contributed by atoms with Crippen molar-refractivity contribution in [1.29, 1.82) is 0 Å². The van der Waals surface area contributed by atoms with Gasteiger partial charge < -0.3 is 15.0 Å². The van der Waals surface area contributed by atoms with Crippen molar-refractivity contribution in [1.82, 2.24) is 10.2 Å². The van der Waals surface area contributed by atoms with Crippen molar-refractivity contribution in [2.45, 2.75) is 19.5 Å². The summed E-state index contributed by atoms with van der Waals surface area (Å²) in [7, 11) is 1.50. The lowest BCUT2D eigenvalue weighted by atomic mass is 10.1. The molecule has 0 aliphatic carbocycles. The molecule has 2 aromatic carbocycles. The van der Waals surface area contributed by atoms with E-state index in [-0.39, 0.29) is 24.9 Å². The number of likely N-dealkylation sites (N-methyl/N-ethyl adjacent to an activating group) is 1. The molecule has 0 radical (unpaired) electrons. The Kier molecular flexibility index (Phi) is 7.62. The third-order valence-corrected chi connectivity index (χ3v) is 4.71. The van der Waals surface area contributed by atoms with Crippen LogP contribution < -0.4 is 10.1 Å². The molecule has 1 atom stereocenters. The van der Waals surface area contributed by atoms with Crippen molar-refractivity contribution < 1.29 is 18.7 Å². The molecule has 8 heteroatoms. The summed E-state index contributed by atoms with van der Waals surface area (Å²) in [4.78, 5) is 26.1. The Morgan fingerprint density at radius 2 is 1.93 bits per heavy atom. The van der Waals surface area contributed by atoms with Crippen LogP contribution in [0.3, 0.4) is 0 Å². The summed E-state index contributed by atoms with van der Waals surface area (Å²) in [6.07, 6.45) is 0. The topological polar surface area (TPSA) is 58.6 Å². The monoisotopic (exact) mass is 456 g/mol. The first-order chi connectivity index (χ1) is 12.8. The lowest BCUT2D eigenvalue weighted by Crippen LogP contribution is -2.48. The van der Waals surface area contributed by atoms with Gasteiger partial charge in [-0.2, -0.15) is 0 Å². The minimum absolute atomic E-state index is 0.144. The molecule has 2 amide bonds. The Hall–Kier alpha value is -2.12. The average molecular weight is 458 g/mol. The molecule has 1 N–H and O–H groups in total. The number of halogens is 3. The third-order valence-electron chi connectivity index (χ3n) is 3.92. The number of hydrogen-bond acceptors (Lipinski definition) is 3. The fourth-order valence-electron chi connectivity index (χ4n) is 2.39. The Morgan fingerprint density at radius 3 is 2.52 bits per heavy atom. The Morgan fingerprint density at radius 1 is 1.26 bits per heavy atom. The molecule has 0 spiro atoms. The van der Waals surface area contributed by atoms with E-state index in [0.29, 0.717) is 16.3 Å². The van der Waals surface area contributed by atoms with Crippen molar-refractivity contribution in [2.75, 3.05) is 13.7 Å². The first-order valence-corrected chi connectivity index (χ1v) is 9.32. The largest absolute Gasteiger partial charge is 0.482 e. The second-order valence-corrected chi connectivity index (χ2v) is 7.12. The van der Waals surface area contributed by atoms with Crippen LogP contribution in [-0.4, -0.2) is 36.4 Å². The number of rotatable bonds is 7. The van der Waals surface area contributed by atoms with Crippen molar-refractivity contribution in [3.63, 3.8) is 0 Å². The van der Waals surface area contributed by atoms with Gasteiger partial charge in [0.25, 0.3) is 5.91 Å². The standard InChI is InChI=1S/C19H19BrClFN2O3/c1-12(19(26)23-2)24(10-13-3-6-15(22)7-4-13)18(25)11-27-17-8-5-14(20)9-16(17)21/h3-9,12H,10-11H2,1-2H3,(H,23,26)/t12-/m1/s1. The zero-order chi connectivity index (χ0) is 20.0. The third kappa shape index (κ3) is 5.94. The van der Waals surface area contributed by atoms with Crippen LogP contribution in [0.4, 0.5) is 4.39 Å². The van der Waals surface area contributed by atoms with E-state index in [1.165, 1.54) is 24.1 Å². The summed E-state index contributed by atoms with van der Waals surface area (Å²) in [6, 6.07) is 10.1. The van der Waals surface area contributed by atoms with E-state index >= 15 is 0 Å². The van der Waals surface area contributed by atoms with Gasteiger partial charge in [-0.15, -0.1) is 0 Å². The molecule has 0 saturated heterocycles. The van der Waals surface area contributed by atoms with Crippen LogP contribution in [0.25, 0.3) is 0 Å². The summed E-state index contributed by atoms with van der Waals surface area (Å²) in [5.41, 5.74) is 0.696. The minimum atomic E-state index is -0.725. The molecule has 0 fully saturated rings. The number of amides is 2. The molecule has 144 valence electrons. The quantitative estimate of drug-likeness (QED) is 0.688. The molecule has 2 aromatic rings. The van der Waals surface area contributed by atoms with Crippen LogP contribution in [0.1, 0.15) is 12.5 Å². The number of hydrogen-bond donors (Lipinski definition) is 1. The summed E-state index contributed by atoms with van der Waals surface area (Å²) in [6.45, 7) is 1.47. The molecule has 27 heavy (non-hydrogen) atoms. The highest BCUT2D eigenvalue weighted by Crippen LogP contribution is 2.27. The van der Waals surface area contributed by atoms with Crippen molar-refractivity contribution >= 4 is 39.3 Å². The summed E-state index contributed by atoms with van der Waals surface area (Å²) >= 11 is 9.39. The van der Waals surface area contributed by atoms with Gasteiger partial charge in [-0.1, -0.05) is 39.7 Å². The zero-order valence-electron chi connectivity index (χ0n) is 14.8. The predicted molar refractivity (Wildman–Crippen MR) is 105 cm³/mol. The highest BCUT2D eigenvalue weighted by Gasteiger charge is 2.26. The number of carbonyl (C=O) groups is 2. The molecule has 0 saturated carbocycles. The van der Waals surface area contributed by atoms with Crippen LogP contribution in [0.15, 0.2) is 46.9 Å². The fraction of sp³-hybridized carbons (Fsp3) is 0.263. The molecule has 0 bridgehead atoms. The van der Waals surface area contributed by atoms with Crippen LogP contribution in [0.5, 0.6) is 5.75 Å². The van der Waals surface area contributed by atoms with Gasteiger partial charge >= 0.3 is 0 Å². The lowest BCUT2D eigenvalue weighted by Gasteiger charge is -2.28. The normalized spacial score (nSPS) is 11.6. The van der Waals surface area contributed by atoms with Crippen LogP contribution in [0.2, 0.25) is 5.02 Å². The first kappa shape index (κ1) is 21.2. The van der Waals surface area contributed by atoms with E-state index in [4.69, 9.17) is 16.3 Å². The number of nitrogens with zero attached hydrogens (tertiary/aromatic N) is 1. The van der Waals surface area contributed by atoms with Crippen molar-refractivity contribution in [2.24, 2.45) is 0 Å². The Balaban J connectivity index is 2.14. The van der Waals surface area contributed by atoms with Crippen molar-refractivity contribution in [3.8, 4) is 5.75 Å². The number of carbonyl (C=O) groups excluding carboxylic acids is 2. The SMILES string of the molecule is CNC(=O)[C@@H](C)N(Cc1ccc(F)cc1)C(=O)COc1ccc(Br)cc1Cl. The average Bonchev–Trinajstić information content (AvgIpc) is 2.65. The zero-order valence-corrected chi connectivity index (χ0v) is 17.2. The summed E-state index contributed by atoms with van der Waals surface area (Å²) in [5.74, 6) is -0.715. The minimum Gasteiger partial charge on any atom is -0.482 e. The van der Waals surface area contributed by atoms with E-state index in [9.17, 15) is 14.0 Å². The first-order valence-electron chi connectivity index (χ1n) is 8.15. The van der Waals surface area contributed by atoms with Crippen molar-refractivity contribution in [3.05, 3.63) is 63.3 Å². The number of nitrogens with one attached hydrogen (secondary N) is 1. The molecule has 0 heterocycles. The Labute approximate surface area is 170 Å². The molecule has 0 aliphatic rings. The Bertz CT molecular complexity index is 817. The summed E-state index contributed by atoms with van der Waals surface area (Å²) in [5, 5.41) is 2.89. The second-order valence-electron chi connectivity index (χ2n) is 5.80. The van der Waals surface area contributed by atoms with Gasteiger partial charge in [0.1, 0.15) is 17.6 Å². The summed E-state index contributed by atoms with van der Waals surface area (Å²) < 4.78 is 19.4. The molecule has 5 nitrogen and oxygen atoms in total. The molecule has 0 unspecified atom stereocenters. The van der Waals surface area contributed by atoms with Crippen LogP contribution in [-0.2, 0) is 16.1 Å². The molecular weight excluding hydrogens is 439 g/mol. The van der Waals surface area contributed by atoms with Gasteiger partial charge in [-0.25, -0.2) is 4.39 Å². The maximum atomic E-state index is 13.1. The van der Waals surface area contributed by atoms with E-state index in [1.807, 2.05) is 0 Å². The van der Waals surface area contributed by atoms with E-state index in [0.717, 1.165) is 4.47 Å².